The number of furan rings is 1. The van der Waals surface area contributed by atoms with Gasteiger partial charge in [-0.05, 0) is 36.5 Å². The van der Waals surface area contributed by atoms with Crippen molar-refractivity contribution in [3.63, 3.8) is 0 Å². The first-order valence-corrected chi connectivity index (χ1v) is 10.0. The van der Waals surface area contributed by atoms with Gasteiger partial charge in [-0.15, -0.1) is 0 Å². The number of carbonyl (C=O) groups excluding carboxylic acids is 2. The summed E-state index contributed by atoms with van der Waals surface area (Å²) in [6.07, 6.45) is 6.23. The van der Waals surface area contributed by atoms with Crippen molar-refractivity contribution in [1.82, 2.24) is 14.7 Å². The second-order valence-corrected chi connectivity index (χ2v) is 7.69. The Bertz CT molecular complexity index is 825. The maximum Gasteiger partial charge on any atom is 0.257 e. The van der Waals surface area contributed by atoms with Crippen LogP contribution in [0.5, 0.6) is 0 Å². The standard InChI is InChI=1S/C22H27N3O3/c1-23(20-8-4-6-17-5-2-3-7-19(17)20)21(26)15-24-10-12-25(13-11-24)22(27)18-9-14-28-16-18/h2-3,5,7,9,14,16,20H,4,6,8,10-13,15H2,1H3. The smallest absolute Gasteiger partial charge is 0.257 e. The molecule has 4 rings (SSSR count). The predicted molar refractivity (Wildman–Crippen MR) is 106 cm³/mol. The van der Waals surface area contributed by atoms with Crippen LogP contribution >= 0.6 is 0 Å². The fourth-order valence-corrected chi connectivity index (χ4v) is 4.29. The predicted octanol–water partition coefficient (Wildman–Crippen LogP) is 2.57. The van der Waals surface area contributed by atoms with Crippen LogP contribution < -0.4 is 0 Å². The lowest BCUT2D eigenvalue weighted by molar-refractivity contribution is -0.134. The van der Waals surface area contributed by atoms with Gasteiger partial charge < -0.3 is 14.2 Å². The quantitative estimate of drug-likeness (QED) is 0.817. The van der Waals surface area contributed by atoms with E-state index in [1.807, 2.05) is 16.8 Å². The third kappa shape index (κ3) is 3.83. The Hall–Kier alpha value is -2.60. The zero-order chi connectivity index (χ0) is 19.5. The number of hydrogen-bond donors (Lipinski definition) is 0. The second kappa shape index (κ2) is 8.19. The molecule has 2 amide bonds. The number of rotatable bonds is 4. The molecule has 6 heteroatoms. The van der Waals surface area contributed by atoms with Gasteiger partial charge in [0.15, 0.2) is 0 Å². The van der Waals surface area contributed by atoms with Crippen LogP contribution in [0.4, 0.5) is 0 Å². The molecule has 1 fully saturated rings. The SMILES string of the molecule is CN(C(=O)CN1CCN(C(=O)c2ccoc2)CC1)C1CCCc2ccccc21. The summed E-state index contributed by atoms with van der Waals surface area (Å²) in [5.41, 5.74) is 3.24. The molecule has 0 N–H and O–H groups in total. The summed E-state index contributed by atoms with van der Waals surface area (Å²) in [6.45, 7) is 3.10. The van der Waals surface area contributed by atoms with E-state index in [1.165, 1.54) is 23.7 Å². The van der Waals surface area contributed by atoms with Crippen LogP contribution in [0.15, 0.2) is 47.3 Å². The van der Waals surface area contributed by atoms with E-state index in [2.05, 4.69) is 29.2 Å². The normalized spacial score (nSPS) is 19.9. The average Bonchev–Trinajstić information content (AvgIpc) is 3.28. The molecule has 1 aliphatic heterocycles. The molecule has 1 unspecified atom stereocenters. The fraction of sp³-hybridized carbons (Fsp3) is 0.455. The lowest BCUT2D eigenvalue weighted by atomic mass is 9.87. The highest BCUT2D eigenvalue weighted by Crippen LogP contribution is 2.33. The van der Waals surface area contributed by atoms with E-state index >= 15 is 0 Å². The molecule has 1 aromatic carbocycles. The zero-order valence-electron chi connectivity index (χ0n) is 16.3. The lowest BCUT2D eigenvalue weighted by Crippen LogP contribution is -2.51. The molecule has 0 bridgehead atoms. The minimum Gasteiger partial charge on any atom is -0.472 e. The largest absolute Gasteiger partial charge is 0.472 e. The molecule has 28 heavy (non-hydrogen) atoms. The highest BCUT2D eigenvalue weighted by molar-refractivity contribution is 5.93. The van der Waals surface area contributed by atoms with Gasteiger partial charge in [0.1, 0.15) is 6.26 Å². The molecule has 2 heterocycles. The van der Waals surface area contributed by atoms with Crippen LogP contribution in [-0.4, -0.2) is 66.3 Å². The third-order valence-corrected chi connectivity index (χ3v) is 5.99. The Balaban J connectivity index is 1.32. The van der Waals surface area contributed by atoms with Crippen molar-refractivity contribution >= 4 is 11.8 Å². The maximum absolute atomic E-state index is 12.9. The summed E-state index contributed by atoms with van der Waals surface area (Å²) in [7, 11) is 1.92. The van der Waals surface area contributed by atoms with Gasteiger partial charge in [-0.2, -0.15) is 0 Å². The zero-order valence-corrected chi connectivity index (χ0v) is 16.3. The van der Waals surface area contributed by atoms with Gasteiger partial charge in [-0.25, -0.2) is 0 Å². The third-order valence-electron chi connectivity index (χ3n) is 5.99. The van der Waals surface area contributed by atoms with Gasteiger partial charge in [-0.1, -0.05) is 24.3 Å². The summed E-state index contributed by atoms with van der Waals surface area (Å²) in [5.74, 6) is 0.145. The summed E-state index contributed by atoms with van der Waals surface area (Å²) < 4.78 is 5.00. The molecule has 1 atom stereocenters. The molecule has 2 aliphatic rings. The molecule has 1 aliphatic carbocycles. The van der Waals surface area contributed by atoms with Gasteiger partial charge in [0.25, 0.3) is 5.91 Å². The minimum atomic E-state index is -0.00402. The first kappa shape index (κ1) is 18.7. The number of aryl methyl sites for hydroxylation is 1. The molecular formula is C22H27N3O3. The maximum atomic E-state index is 12.9. The van der Waals surface area contributed by atoms with Crippen molar-refractivity contribution in [3.05, 3.63) is 59.5 Å². The van der Waals surface area contributed by atoms with Gasteiger partial charge in [0.2, 0.25) is 5.91 Å². The number of amides is 2. The first-order chi connectivity index (χ1) is 13.6. The lowest BCUT2D eigenvalue weighted by Gasteiger charge is -2.37. The van der Waals surface area contributed by atoms with Crippen LogP contribution in [0.2, 0.25) is 0 Å². The number of hydrogen-bond acceptors (Lipinski definition) is 4. The molecule has 0 spiro atoms. The van der Waals surface area contributed by atoms with E-state index in [4.69, 9.17) is 4.42 Å². The molecule has 148 valence electrons. The van der Waals surface area contributed by atoms with E-state index in [0.29, 0.717) is 38.3 Å². The van der Waals surface area contributed by atoms with Crippen molar-refractivity contribution in [2.75, 3.05) is 39.8 Å². The summed E-state index contributed by atoms with van der Waals surface area (Å²) in [4.78, 5) is 31.2. The van der Waals surface area contributed by atoms with E-state index in [0.717, 1.165) is 19.3 Å². The number of likely N-dealkylation sites (N-methyl/N-ethyl adjacent to an activating group) is 1. The Kier molecular flexibility index (Phi) is 5.48. The van der Waals surface area contributed by atoms with Crippen LogP contribution in [0, 0.1) is 0 Å². The number of benzene rings is 1. The van der Waals surface area contributed by atoms with E-state index < -0.39 is 0 Å². The summed E-state index contributed by atoms with van der Waals surface area (Å²) >= 11 is 0. The van der Waals surface area contributed by atoms with E-state index in [-0.39, 0.29) is 17.9 Å². The highest BCUT2D eigenvalue weighted by Gasteiger charge is 2.29. The molecule has 1 saturated heterocycles. The molecule has 6 nitrogen and oxygen atoms in total. The monoisotopic (exact) mass is 381 g/mol. The van der Waals surface area contributed by atoms with Crippen LogP contribution in [0.3, 0.4) is 0 Å². The Labute approximate surface area is 165 Å². The van der Waals surface area contributed by atoms with Crippen molar-refractivity contribution in [2.24, 2.45) is 0 Å². The van der Waals surface area contributed by atoms with Gasteiger partial charge >= 0.3 is 0 Å². The summed E-state index contributed by atoms with van der Waals surface area (Å²) in [5, 5.41) is 0. The number of carbonyl (C=O) groups is 2. The molecule has 2 aromatic rings. The molecule has 1 aromatic heterocycles. The average molecular weight is 381 g/mol. The topological polar surface area (TPSA) is 57.0 Å². The molecule has 0 saturated carbocycles. The van der Waals surface area contributed by atoms with Crippen molar-refractivity contribution in [1.29, 1.82) is 0 Å². The van der Waals surface area contributed by atoms with Crippen molar-refractivity contribution in [2.45, 2.75) is 25.3 Å². The Morgan fingerprint density at radius 1 is 1.14 bits per heavy atom. The Morgan fingerprint density at radius 3 is 2.68 bits per heavy atom. The minimum absolute atomic E-state index is 0.00402. The number of fused-ring (bicyclic) bond motifs is 1. The Morgan fingerprint density at radius 2 is 1.93 bits per heavy atom. The van der Waals surface area contributed by atoms with E-state index in [9.17, 15) is 9.59 Å². The number of piperazine rings is 1. The van der Waals surface area contributed by atoms with Crippen LogP contribution in [-0.2, 0) is 11.2 Å². The van der Waals surface area contributed by atoms with Crippen LogP contribution in [0.25, 0.3) is 0 Å². The van der Waals surface area contributed by atoms with E-state index in [1.54, 1.807) is 6.07 Å². The van der Waals surface area contributed by atoms with Crippen molar-refractivity contribution in [3.8, 4) is 0 Å². The van der Waals surface area contributed by atoms with Crippen molar-refractivity contribution < 1.29 is 14.0 Å². The molecule has 0 radical (unpaired) electrons. The highest BCUT2D eigenvalue weighted by atomic mass is 16.3. The summed E-state index contributed by atoms with van der Waals surface area (Å²) in [6, 6.07) is 10.3. The van der Waals surface area contributed by atoms with Crippen LogP contribution in [0.1, 0.15) is 40.4 Å². The fourth-order valence-electron chi connectivity index (χ4n) is 4.29. The molecular weight excluding hydrogens is 354 g/mol. The van der Waals surface area contributed by atoms with Gasteiger partial charge in [0.05, 0.1) is 24.4 Å². The second-order valence-electron chi connectivity index (χ2n) is 7.69. The van der Waals surface area contributed by atoms with Gasteiger partial charge in [0, 0.05) is 33.2 Å². The van der Waals surface area contributed by atoms with Gasteiger partial charge in [-0.3, -0.25) is 14.5 Å². The number of nitrogens with zero attached hydrogens (tertiary/aromatic N) is 3. The first-order valence-electron chi connectivity index (χ1n) is 10.0.